The van der Waals surface area contributed by atoms with E-state index in [4.69, 9.17) is 0 Å². The molecule has 82 valence electrons. The van der Waals surface area contributed by atoms with E-state index in [1.807, 2.05) is 0 Å². The largest absolute Gasteiger partial charge is 0.334 e. The lowest BCUT2D eigenvalue weighted by molar-refractivity contribution is -0.386. The summed E-state index contributed by atoms with van der Waals surface area (Å²) < 4.78 is 1.30. The van der Waals surface area contributed by atoms with Crippen molar-refractivity contribution in [3.8, 4) is 0 Å². The Morgan fingerprint density at radius 1 is 1.56 bits per heavy atom. The zero-order valence-corrected chi connectivity index (χ0v) is 8.58. The molecule has 0 aliphatic heterocycles. The van der Waals surface area contributed by atoms with Crippen molar-refractivity contribution in [2.24, 2.45) is 0 Å². The van der Waals surface area contributed by atoms with Gasteiger partial charge in [-0.05, 0) is 19.1 Å². The van der Waals surface area contributed by atoms with Gasteiger partial charge in [-0.2, -0.15) is 0 Å². The Morgan fingerprint density at radius 3 is 2.94 bits per heavy atom. The van der Waals surface area contributed by atoms with E-state index in [-0.39, 0.29) is 0 Å². The molecule has 0 N–H and O–H groups in total. The number of hydrogen-bond donors (Lipinski definition) is 0. The second-order valence-electron chi connectivity index (χ2n) is 3.25. The Balaban J connectivity index is 2.94. The molecule has 0 aromatic carbocycles. The van der Waals surface area contributed by atoms with Crippen molar-refractivity contribution in [1.82, 2.24) is 9.55 Å². The predicted molar refractivity (Wildman–Crippen MR) is 58.3 cm³/mol. The summed E-state index contributed by atoms with van der Waals surface area (Å²) in [4.78, 5) is 25.8. The SMILES string of the molecule is CCn1c(=O)c([N+](=O)[O-])cc2cccnc21. The molecule has 16 heavy (non-hydrogen) atoms. The molecular formula is C10H9N3O3. The van der Waals surface area contributed by atoms with E-state index in [0.717, 1.165) is 0 Å². The summed E-state index contributed by atoms with van der Waals surface area (Å²) in [6, 6.07) is 4.63. The molecule has 0 unspecified atom stereocenters. The zero-order chi connectivity index (χ0) is 11.7. The monoisotopic (exact) mass is 219 g/mol. The second-order valence-corrected chi connectivity index (χ2v) is 3.25. The topological polar surface area (TPSA) is 78.0 Å². The molecule has 0 saturated heterocycles. The molecule has 0 spiro atoms. The van der Waals surface area contributed by atoms with Crippen LogP contribution >= 0.6 is 0 Å². The predicted octanol–water partition coefficient (Wildman–Crippen LogP) is 1.32. The Kier molecular flexibility index (Phi) is 2.40. The van der Waals surface area contributed by atoms with Crippen molar-refractivity contribution in [2.75, 3.05) is 0 Å². The van der Waals surface area contributed by atoms with Gasteiger partial charge in [0.15, 0.2) is 0 Å². The molecule has 0 fully saturated rings. The fourth-order valence-electron chi connectivity index (χ4n) is 1.62. The van der Waals surface area contributed by atoms with Gasteiger partial charge in [0, 0.05) is 24.2 Å². The molecular weight excluding hydrogens is 210 g/mol. The first-order chi connectivity index (χ1) is 7.65. The minimum absolute atomic E-state index is 0.355. The van der Waals surface area contributed by atoms with Crippen LogP contribution in [0.1, 0.15) is 6.92 Å². The van der Waals surface area contributed by atoms with Crippen LogP contribution in [0.25, 0.3) is 11.0 Å². The Morgan fingerprint density at radius 2 is 2.31 bits per heavy atom. The van der Waals surface area contributed by atoms with Crippen LogP contribution in [-0.2, 0) is 6.54 Å². The number of rotatable bonds is 2. The van der Waals surface area contributed by atoms with Gasteiger partial charge in [0.25, 0.3) is 0 Å². The maximum atomic E-state index is 11.7. The third kappa shape index (κ3) is 1.44. The van der Waals surface area contributed by atoms with E-state index in [1.165, 1.54) is 10.6 Å². The van der Waals surface area contributed by atoms with Crippen LogP contribution in [0.2, 0.25) is 0 Å². The van der Waals surface area contributed by atoms with Crippen LogP contribution in [-0.4, -0.2) is 14.5 Å². The van der Waals surface area contributed by atoms with E-state index in [2.05, 4.69) is 4.98 Å². The minimum Gasteiger partial charge on any atom is -0.287 e. The molecule has 0 aliphatic carbocycles. The van der Waals surface area contributed by atoms with Crippen LogP contribution in [0, 0.1) is 10.1 Å². The van der Waals surface area contributed by atoms with Gasteiger partial charge < -0.3 is 0 Å². The van der Waals surface area contributed by atoms with Crippen molar-refractivity contribution in [3.63, 3.8) is 0 Å². The quantitative estimate of drug-likeness (QED) is 0.563. The van der Waals surface area contributed by atoms with Crippen molar-refractivity contribution in [1.29, 1.82) is 0 Å². The summed E-state index contributed by atoms with van der Waals surface area (Å²) in [5.74, 6) is 0. The number of fused-ring (bicyclic) bond motifs is 1. The minimum atomic E-state index is -0.666. The molecule has 0 atom stereocenters. The first-order valence-electron chi connectivity index (χ1n) is 4.78. The highest BCUT2D eigenvalue weighted by Crippen LogP contribution is 2.14. The van der Waals surface area contributed by atoms with Gasteiger partial charge in [-0.25, -0.2) is 4.98 Å². The summed E-state index contributed by atoms with van der Waals surface area (Å²) in [5, 5.41) is 11.3. The van der Waals surface area contributed by atoms with Crippen LogP contribution < -0.4 is 5.56 Å². The molecule has 2 aromatic heterocycles. The van der Waals surface area contributed by atoms with Gasteiger partial charge in [0.1, 0.15) is 5.65 Å². The molecule has 6 heteroatoms. The van der Waals surface area contributed by atoms with E-state index in [1.54, 1.807) is 25.3 Å². The average molecular weight is 219 g/mol. The van der Waals surface area contributed by atoms with E-state index in [9.17, 15) is 14.9 Å². The molecule has 2 rings (SSSR count). The number of pyridine rings is 2. The van der Waals surface area contributed by atoms with E-state index >= 15 is 0 Å². The summed E-state index contributed by atoms with van der Waals surface area (Å²) >= 11 is 0. The number of nitro groups is 1. The molecule has 0 saturated carbocycles. The summed E-state index contributed by atoms with van der Waals surface area (Å²) in [5.41, 5.74) is -0.554. The van der Waals surface area contributed by atoms with Crippen LogP contribution in [0.5, 0.6) is 0 Å². The van der Waals surface area contributed by atoms with Gasteiger partial charge in [-0.1, -0.05) is 0 Å². The highest BCUT2D eigenvalue weighted by molar-refractivity contribution is 5.77. The smallest absolute Gasteiger partial charge is 0.287 e. The molecule has 2 aromatic rings. The zero-order valence-electron chi connectivity index (χ0n) is 8.58. The van der Waals surface area contributed by atoms with Crippen molar-refractivity contribution >= 4 is 16.7 Å². The van der Waals surface area contributed by atoms with Crippen molar-refractivity contribution in [2.45, 2.75) is 13.5 Å². The standard InChI is InChI=1S/C10H9N3O3/c1-2-12-9-7(4-3-5-11-9)6-8(10(12)14)13(15)16/h3-6H,2H2,1H3. The second kappa shape index (κ2) is 3.73. The molecule has 6 nitrogen and oxygen atoms in total. The Hall–Kier alpha value is -2.24. The fraction of sp³-hybridized carbons (Fsp3) is 0.200. The summed E-state index contributed by atoms with van der Waals surface area (Å²) in [6.07, 6.45) is 1.56. The highest BCUT2D eigenvalue weighted by Gasteiger charge is 2.17. The van der Waals surface area contributed by atoms with Gasteiger partial charge >= 0.3 is 11.2 Å². The van der Waals surface area contributed by atoms with Gasteiger partial charge in [0.05, 0.1) is 4.92 Å². The van der Waals surface area contributed by atoms with Gasteiger partial charge in [-0.3, -0.25) is 19.5 Å². The highest BCUT2D eigenvalue weighted by atomic mass is 16.6. The molecule has 0 radical (unpaired) electrons. The van der Waals surface area contributed by atoms with E-state index < -0.39 is 16.2 Å². The summed E-state index contributed by atoms with van der Waals surface area (Å²) in [7, 11) is 0. The first-order valence-corrected chi connectivity index (χ1v) is 4.78. The number of aromatic nitrogens is 2. The van der Waals surface area contributed by atoms with Crippen molar-refractivity contribution in [3.05, 3.63) is 44.9 Å². The van der Waals surface area contributed by atoms with Gasteiger partial charge in [0.2, 0.25) is 0 Å². The number of nitrogens with zero attached hydrogens (tertiary/aromatic N) is 3. The normalized spacial score (nSPS) is 10.6. The lowest BCUT2D eigenvalue weighted by Gasteiger charge is -2.05. The third-order valence-electron chi connectivity index (χ3n) is 2.34. The maximum absolute atomic E-state index is 11.7. The maximum Gasteiger partial charge on any atom is 0.334 e. The molecule has 0 aliphatic rings. The number of aryl methyl sites for hydroxylation is 1. The van der Waals surface area contributed by atoms with Crippen LogP contribution in [0.4, 0.5) is 5.69 Å². The first kappa shape index (κ1) is 10.3. The lowest BCUT2D eigenvalue weighted by atomic mass is 10.2. The summed E-state index contributed by atoms with van der Waals surface area (Å²) in [6.45, 7) is 2.10. The number of hydrogen-bond acceptors (Lipinski definition) is 4. The van der Waals surface area contributed by atoms with Crippen LogP contribution in [0.15, 0.2) is 29.2 Å². The van der Waals surface area contributed by atoms with Crippen molar-refractivity contribution < 1.29 is 4.92 Å². The molecule has 0 bridgehead atoms. The van der Waals surface area contributed by atoms with Crippen LogP contribution in [0.3, 0.4) is 0 Å². The lowest BCUT2D eigenvalue weighted by Crippen LogP contribution is -2.22. The molecule has 0 amide bonds. The van der Waals surface area contributed by atoms with Gasteiger partial charge in [-0.15, -0.1) is 0 Å². The Labute approximate surface area is 90.3 Å². The molecule has 2 heterocycles. The average Bonchev–Trinajstić information content (AvgIpc) is 2.28. The third-order valence-corrected chi connectivity index (χ3v) is 2.34. The fourth-order valence-corrected chi connectivity index (χ4v) is 1.62. The Bertz CT molecular complexity index is 618. The van der Waals surface area contributed by atoms with E-state index in [0.29, 0.717) is 17.6 Å².